The molecule has 25 heteroatoms. The maximum absolute atomic E-state index is 13.9. The van der Waals surface area contributed by atoms with Crippen LogP contribution in [-0.4, -0.2) is 152 Å². The topological polar surface area (TPSA) is 196 Å². The SMILES string of the molecule is O=C(CCCCCCCCCCC(F)(F)C(F)(F)C(F)(F)C(F)(F)C(F)(F)C(F)(F)F)OC[C@H]1O[C@H](O[C@]2(CO)O[C@H](CO)[C@@H](O)[C@@H]2O)[C@H](O)[C@@H](O)[C@@H]1O. The highest BCUT2D eigenvalue weighted by molar-refractivity contribution is 5.69. The Morgan fingerprint density at radius 3 is 1.59 bits per heavy atom. The smallest absolute Gasteiger partial charge is 0.460 e. The van der Waals surface area contributed by atoms with E-state index in [0.29, 0.717) is 19.3 Å². The third-order valence-corrected chi connectivity index (χ3v) is 8.92. The first-order valence-corrected chi connectivity index (χ1v) is 16.3. The molecule has 2 saturated heterocycles. The number of rotatable bonds is 21. The van der Waals surface area contributed by atoms with Crippen LogP contribution < -0.4 is 0 Å². The Balaban J connectivity index is 1.73. The van der Waals surface area contributed by atoms with E-state index in [2.05, 4.69) is 0 Å². The van der Waals surface area contributed by atoms with E-state index in [1.807, 2.05) is 0 Å². The lowest BCUT2D eigenvalue weighted by atomic mass is 9.91. The number of aliphatic hydroxyl groups is 7. The average Bonchev–Trinajstić information content (AvgIpc) is 3.32. The van der Waals surface area contributed by atoms with Gasteiger partial charge in [0, 0.05) is 12.8 Å². The van der Waals surface area contributed by atoms with Gasteiger partial charge in [-0.05, 0) is 12.8 Å². The zero-order valence-corrected chi connectivity index (χ0v) is 27.9. The van der Waals surface area contributed by atoms with Gasteiger partial charge in [-0.25, -0.2) is 0 Å². The summed E-state index contributed by atoms with van der Waals surface area (Å²) in [5, 5.41) is 70.1. The molecule has 2 aliphatic heterocycles. The quantitative estimate of drug-likeness (QED) is 0.0509. The molecule has 0 spiro atoms. The number of hydrogen-bond acceptors (Lipinski definition) is 12. The number of halogens is 13. The molecule has 9 atom stereocenters. The van der Waals surface area contributed by atoms with Crippen LogP contribution in [0.15, 0.2) is 0 Å². The molecule has 2 fully saturated rings. The highest BCUT2D eigenvalue weighted by Crippen LogP contribution is 2.60. The highest BCUT2D eigenvalue weighted by Gasteiger charge is 2.90. The molecule has 0 aromatic carbocycles. The van der Waals surface area contributed by atoms with Crippen molar-refractivity contribution in [3.8, 4) is 0 Å². The second kappa shape index (κ2) is 18.2. The van der Waals surface area contributed by atoms with Crippen LogP contribution >= 0.6 is 0 Å². The first-order chi connectivity index (χ1) is 24.6. The van der Waals surface area contributed by atoms with Crippen LogP contribution in [0.5, 0.6) is 0 Å². The third kappa shape index (κ3) is 9.81. The van der Waals surface area contributed by atoms with Crippen LogP contribution in [0.2, 0.25) is 0 Å². The Kier molecular flexibility index (Phi) is 16.3. The summed E-state index contributed by atoms with van der Waals surface area (Å²) in [4.78, 5) is 12.2. The van der Waals surface area contributed by atoms with Gasteiger partial charge in [-0.15, -0.1) is 0 Å². The monoisotopic (exact) mass is 828 g/mol. The van der Waals surface area contributed by atoms with Crippen LogP contribution in [0.4, 0.5) is 57.1 Å². The summed E-state index contributed by atoms with van der Waals surface area (Å²) in [6.45, 7) is -2.64. The number of hydrogen-bond donors (Lipinski definition) is 7. The minimum absolute atomic E-state index is 0.00443. The van der Waals surface area contributed by atoms with Gasteiger partial charge >= 0.3 is 41.8 Å². The van der Waals surface area contributed by atoms with Crippen molar-refractivity contribution in [2.45, 2.75) is 155 Å². The van der Waals surface area contributed by atoms with Crippen LogP contribution in [-0.2, 0) is 23.7 Å². The molecule has 2 aliphatic rings. The molecule has 12 nitrogen and oxygen atoms in total. The lowest BCUT2D eigenvalue weighted by Crippen LogP contribution is -2.70. The van der Waals surface area contributed by atoms with Gasteiger partial charge in [-0.2, -0.15) is 57.1 Å². The van der Waals surface area contributed by atoms with Crippen molar-refractivity contribution in [3.63, 3.8) is 0 Å². The van der Waals surface area contributed by atoms with E-state index >= 15 is 0 Å². The first kappa shape index (κ1) is 48.3. The van der Waals surface area contributed by atoms with Gasteiger partial charge < -0.3 is 54.7 Å². The summed E-state index contributed by atoms with van der Waals surface area (Å²) < 4.78 is 192. The van der Waals surface area contributed by atoms with Crippen LogP contribution in [0.3, 0.4) is 0 Å². The zero-order valence-electron chi connectivity index (χ0n) is 27.9. The number of carbonyl (C=O) groups excluding carboxylic acids is 1. The van der Waals surface area contributed by atoms with Gasteiger partial charge in [0.05, 0.1) is 6.61 Å². The van der Waals surface area contributed by atoms with E-state index in [0.717, 1.165) is 0 Å². The largest absolute Gasteiger partial charge is 0.463 e. The van der Waals surface area contributed by atoms with E-state index in [1.165, 1.54) is 0 Å². The standard InChI is InChI=1S/C29H41F13O12/c30-24(31,25(32,33)26(34,35)27(36,37)28(38,39)29(40,41)42)10-8-6-4-2-1-3-5-7-9-16(45)51-12-15-17(46)19(48)20(49)22(52-15)54-23(13-44)21(50)18(47)14(11-43)53-23/h14-15,17-22,43-44,46-50H,1-13H2/t14-,15-,17-,18-,19+,20-,21+,22-,23+/m1/s1. The molecule has 0 radical (unpaired) electrons. The number of ether oxygens (including phenoxy) is 4. The first-order valence-electron chi connectivity index (χ1n) is 16.3. The molecule has 0 unspecified atom stereocenters. The van der Waals surface area contributed by atoms with Crippen molar-refractivity contribution >= 4 is 5.97 Å². The van der Waals surface area contributed by atoms with E-state index < -0.39 is 129 Å². The molecule has 0 amide bonds. The summed E-state index contributed by atoms with van der Waals surface area (Å²) in [6, 6.07) is 0. The molecule has 320 valence electrons. The van der Waals surface area contributed by atoms with Crippen molar-refractivity contribution < 1.29 is 117 Å². The van der Waals surface area contributed by atoms with E-state index in [1.54, 1.807) is 0 Å². The van der Waals surface area contributed by atoms with Crippen molar-refractivity contribution in [2.75, 3.05) is 19.8 Å². The summed E-state index contributed by atoms with van der Waals surface area (Å²) in [6.07, 6.45) is -24.1. The lowest BCUT2D eigenvalue weighted by molar-refractivity contribution is -0.440. The zero-order chi connectivity index (χ0) is 41.7. The van der Waals surface area contributed by atoms with Gasteiger partial charge in [-0.1, -0.05) is 38.5 Å². The Morgan fingerprint density at radius 1 is 0.611 bits per heavy atom. The van der Waals surface area contributed by atoms with Gasteiger partial charge in [0.1, 0.15) is 55.9 Å². The number of unbranched alkanes of at least 4 members (excludes halogenated alkanes) is 7. The van der Waals surface area contributed by atoms with Crippen LogP contribution in [0.1, 0.15) is 64.2 Å². The molecule has 54 heavy (non-hydrogen) atoms. The summed E-state index contributed by atoms with van der Waals surface area (Å²) >= 11 is 0. The van der Waals surface area contributed by atoms with E-state index in [4.69, 9.17) is 18.9 Å². The highest BCUT2D eigenvalue weighted by atomic mass is 19.4. The number of aliphatic hydroxyl groups excluding tert-OH is 7. The fraction of sp³-hybridized carbons (Fsp3) is 0.966. The number of alkyl halides is 13. The maximum Gasteiger partial charge on any atom is 0.460 e. The van der Waals surface area contributed by atoms with Gasteiger partial charge in [0.15, 0.2) is 6.29 Å². The molecular formula is C29H41F13O12. The Labute approximate surface area is 297 Å². The third-order valence-electron chi connectivity index (χ3n) is 8.92. The predicted octanol–water partition coefficient (Wildman–Crippen LogP) is 2.80. The molecule has 0 saturated carbocycles. The van der Waals surface area contributed by atoms with E-state index in [9.17, 15) is 97.6 Å². The summed E-state index contributed by atoms with van der Waals surface area (Å²) in [5.41, 5.74) is 0. The Bertz CT molecular complexity index is 1200. The molecular weight excluding hydrogens is 787 g/mol. The van der Waals surface area contributed by atoms with Crippen molar-refractivity contribution in [3.05, 3.63) is 0 Å². The minimum atomic E-state index is -7.93. The predicted molar refractivity (Wildman–Crippen MR) is 149 cm³/mol. The second-order valence-electron chi connectivity index (χ2n) is 12.9. The maximum atomic E-state index is 13.9. The fourth-order valence-electron chi connectivity index (χ4n) is 5.50. The van der Waals surface area contributed by atoms with Gasteiger partial charge in [0.25, 0.3) is 0 Å². The lowest BCUT2D eigenvalue weighted by Gasteiger charge is -2.43. The number of esters is 1. The Hall–Kier alpha value is -1.84. The van der Waals surface area contributed by atoms with Crippen molar-refractivity contribution in [2.24, 2.45) is 0 Å². The molecule has 0 aromatic rings. The van der Waals surface area contributed by atoms with Crippen LogP contribution in [0, 0.1) is 0 Å². The molecule has 2 heterocycles. The minimum Gasteiger partial charge on any atom is -0.463 e. The Morgan fingerprint density at radius 2 is 1.11 bits per heavy atom. The van der Waals surface area contributed by atoms with Gasteiger partial charge in [-0.3, -0.25) is 4.79 Å². The second-order valence-corrected chi connectivity index (χ2v) is 12.9. The van der Waals surface area contributed by atoms with E-state index in [-0.39, 0.29) is 32.1 Å². The van der Waals surface area contributed by atoms with Crippen molar-refractivity contribution in [1.82, 2.24) is 0 Å². The molecule has 7 N–H and O–H groups in total. The van der Waals surface area contributed by atoms with Crippen molar-refractivity contribution in [1.29, 1.82) is 0 Å². The van der Waals surface area contributed by atoms with Crippen LogP contribution in [0.25, 0.3) is 0 Å². The summed E-state index contributed by atoms with van der Waals surface area (Å²) in [7, 11) is 0. The van der Waals surface area contributed by atoms with Gasteiger partial charge in [0.2, 0.25) is 5.79 Å². The molecule has 2 rings (SSSR count). The molecule has 0 aliphatic carbocycles. The number of carbonyl (C=O) groups is 1. The molecule has 0 bridgehead atoms. The molecule has 0 aromatic heterocycles. The summed E-state index contributed by atoms with van der Waals surface area (Å²) in [5.74, 6) is -40.2. The average molecular weight is 829 g/mol. The normalized spacial score (nSPS) is 30.5. The fourth-order valence-corrected chi connectivity index (χ4v) is 5.50.